The van der Waals surface area contributed by atoms with Crippen molar-refractivity contribution in [3.63, 3.8) is 0 Å². The van der Waals surface area contributed by atoms with E-state index in [4.69, 9.17) is 4.74 Å². The van der Waals surface area contributed by atoms with Crippen LogP contribution in [-0.4, -0.2) is 69.0 Å². The number of methoxy groups -OCH3 is 1. The molecule has 12 heteroatoms. The summed E-state index contributed by atoms with van der Waals surface area (Å²) in [5.74, 6) is 1.95. The van der Waals surface area contributed by atoms with Crippen LogP contribution in [0.4, 0.5) is 17.6 Å². The first kappa shape index (κ1) is 21.8. The Balaban J connectivity index is 1.50. The van der Waals surface area contributed by atoms with Gasteiger partial charge in [0.25, 0.3) is 0 Å². The van der Waals surface area contributed by atoms with Crippen molar-refractivity contribution in [1.29, 1.82) is 0 Å². The third kappa shape index (κ3) is 4.75. The Morgan fingerprint density at radius 1 is 1.23 bits per heavy atom. The average Bonchev–Trinajstić information content (AvgIpc) is 3.20. The molecule has 2 aliphatic heterocycles. The van der Waals surface area contributed by atoms with E-state index in [0.717, 1.165) is 32.1 Å². The van der Waals surface area contributed by atoms with Gasteiger partial charge in [-0.2, -0.15) is 19.4 Å². The summed E-state index contributed by atoms with van der Waals surface area (Å²) < 4.78 is 32.2. The number of sulfonamides is 1. The summed E-state index contributed by atoms with van der Waals surface area (Å²) in [7, 11) is -1.68. The zero-order valence-electron chi connectivity index (χ0n) is 17.7. The molecular weight excluding hydrogens is 422 g/mol. The number of aromatic nitrogens is 4. The smallest absolute Gasteiger partial charge is 0.228 e. The highest BCUT2D eigenvalue weighted by atomic mass is 32.2. The number of ether oxygens (including phenoxy) is 1. The second-order valence-corrected chi connectivity index (χ2v) is 10.1. The Bertz CT molecular complexity index is 998. The Morgan fingerprint density at radius 2 is 1.97 bits per heavy atom. The van der Waals surface area contributed by atoms with Crippen LogP contribution in [0, 0.1) is 0 Å². The molecule has 0 saturated carbocycles. The van der Waals surface area contributed by atoms with Gasteiger partial charge in [-0.25, -0.2) is 8.42 Å². The number of rotatable bonds is 8. The first-order chi connectivity index (χ1) is 14.9. The minimum absolute atomic E-state index is 0.0131. The fourth-order valence-corrected chi connectivity index (χ4v) is 6.13. The fourth-order valence-electron chi connectivity index (χ4n) is 4.54. The second kappa shape index (κ2) is 8.97. The Morgan fingerprint density at radius 3 is 2.58 bits per heavy atom. The number of aliphatic hydroxyl groups is 1. The molecule has 2 bridgehead atoms. The summed E-state index contributed by atoms with van der Waals surface area (Å²) in [6.07, 6.45) is 4.26. The number of hydrogen-bond donors (Lipinski definition) is 4. The van der Waals surface area contributed by atoms with Gasteiger partial charge < -0.3 is 20.5 Å². The number of hydrogen-bond acceptors (Lipinski definition) is 9. The molecule has 0 amide bonds. The standard InChI is InChI=1S/C19H29N7O4S/c1-3-31(28,29)26-14-5-4-6-15(26)8-12(7-14)20-19-22-16(10-18(23-19)30-2)21-17-9-13(11-27)24-25-17/h9-10,12,14-15,27H,3-8,11H2,1-2H3,(H3,20,21,22,23,24,25). The van der Waals surface area contributed by atoms with Gasteiger partial charge in [-0.3, -0.25) is 5.10 Å². The molecule has 170 valence electrons. The molecule has 2 fully saturated rings. The van der Waals surface area contributed by atoms with E-state index >= 15 is 0 Å². The third-order valence-corrected chi connectivity index (χ3v) is 7.86. The lowest BCUT2D eigenvalue weighted by atomic mass is 9.84. The van der Waals surface area contributed by atoms with Gasteiger partial charge in [-0.05, 0) is 32.6 Å². The SMILES string of the molecule is CCS(=O)(=O)N1C2CCCC1CC(Nc1nc(Nc3cc(CO)[nH]n3)cc(OC)n1)C2. The van der Waals surface area contributed by atoms with Crippen LogP contribution in [0.25, 0.3) is 0 Å². The van der Waals surface area contributed by atoms with Gasteiger partial charge in [0.05, 0.1) is 25.2 Å². The molecule has 0 radical (unpaired) electrons. The van der Waals surface area contributed by atoms with E-state index in [9.17, 15) is 13.5 Å². The lowest BCUT2D eigenvalue weighted by Crippen LogP contribution is -2.57. The Hall–Kier alpha value is -2.44. The van der Waals surface area contributed by atoms with Crippen molar-refractivity contribution in [3.8, 4) is 5.88 Å². The van der Waals surface area contributed by atoms with Crippen molar-refractivity contribution in [2.24, 2.45) is 0 Å². The zero-order chi connectivity index (χ0) is 22.0. The molecule has 2 unspecified atom stereocenters. The molecule has 0 aliphatic carbocycles. The van der Waals surface area contributed by atoms with Crippen LogP contribution >= 0.6 is 0 Å². The predicted molar refractivity (Wildman–Crippen MR) is 116 cm³/mol. The van der Waals surface area contributed by atoms with Crippen molar-refractivity contribution < 1.29 is 18.3 Å². The van der Waals surface area contributed by atoms with Crippen LogP contribution < -0.4 is 15.4 Å². The highest BCUT2D eigenvalue weighted by molar-refractivity contribution is 7.89. The van der Waals surface area contributed by atoms with Gasteiger partial charge in [0.1, 0.15) is 5.82 Å². The highest BCUT2D eigenvalue weighted by Crippen LogP contribution is 2.37. The van der Waals surface area contributed by atoms with E-state index in [1.54, 1.807) is 23.4 Å². The number of anilines is 3. The van der Waals surface area contributed by atoms with Gasteiger partial charge >= 0.3 is 0 Å². The van der Waals surface area contributed by atoms with E-state index in [2.05, 4.69) is 30.8 Å². The molecule has 2 atom stereocenters. The van der Waals surface area contributed by atoms with Gasteiger partial charge in [-0.15, -0.1) is 0 Å². The number of H-pyrrole nitrogens is 1. The molecule has 4 heterocycles. The average molecular weight is 452 g/mol. The summed E-state index contributed by atoms with van der Waals surface area (Å²) in [5.41, 5.74) is 0.585. The molecule has 0 aromatic carbocycles. The third-order valence-electron chi connectivity index (χ3n) is 5.90. The first-order valence-corrected chi connectivity index (χ1v) is 12.2. The van der Waals surface area contributed by atoms with E-state index in [1.165, 1.54) is 7.11 Å². The summed E-state index contributed by atoms with van der Waals surface area (Å²) in [6, 6.07) is 3.44. The van der Waals surface area contributed by atoms with Crippen molar-refractivity contribution in [3.05, 3.63) is 17.8 Å². The number of piperidine rings is 2. The Labute approximate surface area is 181 Å². The van der Waals surface area contributed by atoms with Crippen LogP contribution in [0.1, 0.15) is 44.7 Å². The normalized spacial score (nSPS) is 24.0. The second-order valence-electron chi connectivity index (χ2n) is 7.96. The molecule has 2 aromatic heterocycles. The predicted octanol–water partition coefficient (Wildman–Crippen LogP) is 1.59. The summed E-state index contributed by atoms with van der Waals surface area (Å²) >= 11 is 0. The van der Waals surface area contributed by atoms with Gasteiger partial charge in [-0.1, -0.05) is 6.42 Å². The Kier molecular flexibility index (Phi) is 6.30. The molecule has 31 heavy (non-hydrogen) atoms. The molecule has 4 N–H and O–H groups in total. The maximum Gasteiger partial charge on any atom is 0.228 e. The molecular formula is C19H29N7O4S. The highest BCUT2D eigenvalue weighted by Gasteiger charge is 2.43. The van der Waals surface area contributed by atoms with E-state index < -0.39 is 10.0 Å². The monoisotopic (exact) mass is 451 g/mol. The summed E-state index contributed by atoms with van der Waals surface area (Å²) in [5, 5.41) is 22.4. The summed E-state index contributed by atoms with van der Waals surface area (Å²) in [6.45, 7) is 1.57. The molecule has 11 nitrogen and oxygen atoms in total. The van der Waals surface area contributed by atoms with Crippen LogP contribution in [-0.2, 0) is 16.6 Å². The first-order valence-electron chi connectivity index (χ1n) is 10.5. The van der Waals surface area contributed by atoms with E-state index in [-0.39, 0.29) is 30.5 Å². The molecule has 2 saturated heterocycles. The quantitative estimate of drug-likeness (QED) is 0.470. The number of nitrogens with one attached hydrogen (secondary N) is 3. The van der Waals surface area contributed by atoms with Crippen LogP contribution in [0.3, 0.4) is 0 Å². The van der Waals surface area contributed by atoms with Gasteiger partial charge in [0.15, 0.2) is 5.82 Å². The lowest BCUT2D eigenvalue weighted by molar-refractivity contribution is 0.116. The number of aliphatic hydroxyl groups excluding tert-OH is 1. The minimum Gasteiger partial charge on any atom is -0.481 e. The van der Waals surface area contributed by atoms with Crippen molar-refractivity contribution in [1.82, 2.24) is 24.5 Å². The number of nitrogens with zero attached hydrogens (tertiary/aromatic N) is 4. The maximum absolute atomic E-state index is 12.6. The zero-order valence-corrected chi connectivity index (χ0v) is 18.5. The van der Waals surface area contributed by atoms with E-state index in [1.807, 2.05) is 0 Å². The minimum atomic E-state index is -3.21. The molecule has 0 spiro atoms. The number of fused-ring (bicyclic) bond motifs is 2. The topological polar surface area (TPSA) is 145 Å². The lowest BCUT2D eigenvalue weighted by Gasteiger charge is -2.47. The molecule has 4 rings (SSSR count). The van der Waals surface area contributed by atoms with Crippen molar-refractivity contribution in [2.75, 3.05) is 23.5 Å². The van der Waals surface area contributed by atoms with Crippen LogP contribution in [0.5, 0.6) is 5.88 Å². The molecule has 2 aliphatic rings. The van der Waals surface area contributed by atoms with E-state index in [0.29, 0.717) is 29.2 Å². The van der Waals surface area contributed by atoms with Crippen molar-refractivity contribution >= 4 is 27.6 Å². The fraction of sp³-hybridized carbons (Fsp3) is 0.632. The van der Waals surface area contributed by atoms with Crippen molar-refractivity contribution in [2.45, 2.75) is 63.8 Å². The van der Waals surface area contributed by atoms with Gasteiger partial charge in [0.2, 0.25) is 21.9 Å². The summed E-state index contributed by atoms with van der Waals surface area (Å²) in [4.78, 5) is 8.92. The largest absolute Gasteiger partial charge is 0.481 e. The number of aromatic amines is 1. The van der Waals surface area contributed by atoms with Crippen LogP contribution in [0.15, 0.2) is 12.1 Å². The van der Waals surface area contributed by atoms with Crippen LogP contribution in [0.2, 0.25) is 0 Å². The molecule has 2 aromatic rings. The maximum atomic E-state index is 12.6. The van der Waals surface area contributed by atoms with Gasteiger partial charge in [0, 0.05) is 30.3 Å².